The SMILES string of the molecule is Cc1cc(C)c(-c2cc3ncc(C(=O)O)c(C)n3n2)c(C)c1. The molecule has 0 aliphatic heterocycles. The Labute approximate surface area is 128 Å². The predicted octanol–water partition coefficient (Wildman–Crippen LogP) is 3.33. The molecule has 5 nitrogen and oxygen atoms in total. The smallest absolute Gasteiger partial charge is 0.339 e. The topological polar surface area (TPSA) is 67.5 Å². The van der Waals surface area contributed by atoms with Gasteiger partial charge in [-0.15, -0.1) is 0 Å². The maximum Gasteiger partial charge on any atom is 0.339 e. The molecule has 0 radical (unpaired) electrons. The highest BCUT2D eigenvalue weighted by molar-refractivity contribution is 5.88. The molecule has 1 N–H and O–H groups in total. The van der Waals surface area contributed by atoms with Crippen molar-refractivity contribution in [3.63, 3.8) is 0 Å². The van der Waals surface area contributed by atoms with E-state index in [1.54, 1.807) is 11.4 Å². The second-order valence-corrected chi connectivity index (χ2v) is 5.64. The molecular formula is C17H17N3O2. The van der Waals surface area contributed by atoms with Gasteiger partial charge in [-0.1, -0.05) is 17.7 Å². The lowest BCUT2D eigenvalue weighted by Crippen LogP contribution is -2.06. The molecule has 0 fully saturated rings. The molecule has 0 amide bonds. The summed E-state index contributed by atoms with van der Waals surface area (Å²) in [6.07, 6.45) is 1.38. The fraction of sp³-hybridized carbons (Fsp3) is 0.235. The van der Waals surface area contributed by atoms with Crippen molar-refractivity contribution in [2.45, 2.75) is 27.7 Å². The van der Waals surface area contributed by atoms with E-state index in [1.165, 1.54) is 11.8 Å². The van der Waals surface area contributed by atoms with Gasteiger partial charge in [0.25, 0.3) is 0 Å². The summed E-state index contributed by atoms with van der Waals surface area (Å²) in [5.41, 5.74) is 6.79. The number of hydrogen-bond acceptors (Lipinski definition) is 3. The Kier molecular flexibility index (Phi) is 3.20. The fourth-order valence-corrected chi connectivity index (χ4v) is 2.96. The van der Waals surface area contributed by atoms with E-state index >= 15 is 0 Å². The lowest BCUT2D eigenvalue weighted by molar-refractivity contribution is 0.0695. The van der Waals surface area contributed by atoms with E-state index in [2.05, 4.69) is 43.0 Å². The molecular weight excluding hydrogens is 278 g/mol. The van der Waals surface area contributed by atoms with Crippen LogP contribution in [0.25, 0.3) is 16.9 Å². The molecule has 112 valence electrons. The first-order chi connectivity index (χ1) is 10.4. The zero-order valence-corrected chi connectivity index (χ0v) is 13.0. The molecule has 0 aliphatic rings. The van der Waals surface area contributed by atoms with Crippen LogP contribution >= 0.6 is 0 Å². The molecule has 0 aliphatic carbocycles. The quantitative estimate of drug-likeness (QED) is 0.787. The van der Waals surface area contributed by atoms with E-state index in [0.29, 0.717) is 11.3 Å². The van der Waals surface area contributed by atoms with Gasteiger partial charge in [-0.2, -0.15) is 5.10 Å². The van der Waals surface area contributed by atoms with Gasteiger partial charge in [0.1, 0.15) is 0 Å². The molecule has 5 heteroatoms. The third kappa shape index (κ3) is 2.15. The van der Waals surface area contributed by atoms with Crippen LogP contribution in [0.15, 0.2) is 24.4 Å². The number of carboxylic acid groups (broad SMARTS) is 1. The van der Waals surface area contributed by atoms with Gasteiger partial charge >= 0.3 is 5.97 Å². The number of rotatable bonds is 2. The van der Waals surface area contributed by atoms with Crippen LogP contribution in [0.5, 0.6) is 0 Å². The van der Waals surface area contributed by atoms with Crippen molar-refractivity contribution in [3.8, 4) is 11.3 Å². The number of fused-ring (bicyclic) bond motifs is 1. The molecule has 0 saturated heterocycles. The molecule has 3 aromatic rings. The second-order valence-electron chi connectivity index (χ2n) is 5.64. The van der Waals surface area contributed by atoms with E-state index in [9.17, 15) is 9.90 Å². The molecule has 1 aromatic carbocycles. The summed E-state index contributed by atoms with van der Waals surface area (Å²) in [4.78, 5) is 15.4. The number of nitrogens with zero attached hydrogens (tertiary/aromatic N) is 3. The summed E-state index contributed by atoms with van der Waals surface area (Å²) in [5.74, 6) is -0.994. The van der Waals surface area contributed by atoms with E-state index in [4.69, 9.17) is 0 Å². The number of aromatic nitrogens is 3. The highest BCUT2D eigenvalue weighted by atomic mass is 16.4. The monoisotopic (exact) mass is 295 g/mol. The Hall–Kier alpha value is -2.69. The fourth-order valence-electron chi connectivity index (χ4n) is 2.96. The van der Waals surface area contributed by atoms with Crippen LogP contribution in [0.1, 0.15) is 32.7 Å². The Morgan fingerprint density at radius 3 is 2.32 bits per heavy atom. The van der Waals surface area contributed by atoms with Gasteiger partial charge in [0, 0.05) is 17.8 Å². The molecule has 0 saturated carbocycles. The van der Waals surface area contributed by atoms with E-state index in [0.717, 1.165) is 22.4 Å². The minimum Gasteiger partial charge on any atom is -0.478 e. The van der Waals surface area contributed by atoms with Crippen LogP contribution < -0.4 is 0 Å². The van der Waals surface area contributed by atoms with Crippen molar-refractivity contribution in [1.82, 2.24) is 14.6 Å². The first-order valence-electron chi connectivity index (χ1n) is 7.05. The standard InChI is InChI=1S/C17H17N3O2/c1-9-5-10(2)16(11(3)6-9)14-7-15-18-8-13(17(21)22)12(4)20(15)19-14/h5-8H,1-4H3,(H,21,22). The average Bonchev–Trinajstić information content (AvgIpc) is 2.81. The molecule has 0 spiro atoms. The van der Waals surface area contributed by atoms with Gasteiger partial charge in [0.05, 0.1) is 17.0 Å². The Balaban J connectivity index is 2.26. The molecule has 0 unspecified atom stereocenters. The number of benzene rings is 1. The predicted molar refractivity (Wildman–Crippen MR) is 84.3 cm³/mol. The van der Waals surface area contributed by atoms with Gasteiger partial charge in [-0.3, -0.25) is 0 Å². The number of hydrogen-bond donors (Lipinski definition) is 1. The summed E-state index contributed by atoms with van der Waals surface area (Å²) in [5, 5.41) is 13.8. The van der Waals surface area contributed by atoms with Crippen LogP contribution in [0.2, 0.25) is 0 Å². The minimum atomic E-state index is -0.994. The van der Waals surface area contributed by atoms with E-state index in [1.807, 2.05) is 6.07 Å². The summed E-state index contributed by atoms with van der Waals surface area (Å²) in [6.45, 7) is 7.92. The lowest BCUT2D eigenvalue weighted by atomic mass is 9.97. The van der Waals surface area contributed by atoms with Crippen molar-refractivity contribution in [3.05, 3.63) is 52.3 Å². The number of carboxylic acids is 1. The first kappa shape index (κ1) is 14.3. The average molecular weight is 295 g/mol. The Bertz CT molecular complexity index is 887. The summed E-state index contributed by atoms with van der Waals surface area (Å²) < 4.78 is 1.59. The number of aromatic carboxylic acids is 1. The zero-order valence-electron chi connectivity index (χ0n) is 13.0. The molecule has 2 heterocycles. The molecule has 22 heavy (non-hydrogen) atoms. The Morgan fingerprint density at radius 2 is 1.73 bits per heavy atom. The van der Waals surface area contributed by atoms with Crippen LogP contribution in [-0.4, -0.2) is 25.7 Å². The van der Waals surface area contributed by atoms with Gasteiger partial charge < -0.3 is 5.11 Å². The van der Waals surface area contributed by atoms with Gasteiger partial charge in [0.15, 0.2) is 5.65 Å². The maximum atomic E-state index is 11.2. The maximum absolute atomic E-state index is 11.2. The highest BCUT2D eigenvalue weighted by Gasteiger charge is 2.16. The van der Waals surface area contributed by atoms with Crippen LogP contribution in [0.3, 0.4) is 0 Å². The van der Waals surface area contributed by atoms with Crippen molar-refractivity contribution in [2.75, 3.05) is 0 Å². The van der Waals surface area contributed by atoms with Crippen molar-refractivity contribution >= 4 is 11.6 Å². The number of aryl methyl sites for hydroxylation is 4. The van der Waals surface area contributed by atoms with Crippen LogP contribution in [0, 0.1) is 27.7 Å². The van der Waals surface area contributed by atoms with Crippen LogP contribution in [-0.2, 0) is 0 Å². The first-order valence-corrected chi connectivity index (χ1v) is 7.05. The lowest BCUT2D eigenvalue weighted by Gasteiger charge is -2.08. The largest absolute Gasteiger partial charge is 0.478 e. The minimum absolute atomic E-state index is 0.166. The van der Waals surface area contributed by atoms with Gasteiger partial charge in [0.2, 0.25) is 0 Å². The van der Waals surface area contributed by atoms with Crippen LogP contribution in [0.4, 0.5) is 0 Å². The molecule has 0 bridgehead atoms. The van der Waals surface area contributed by atoms with Crippen molar-refractivity contribution < 1.29 is 9.90 Å². The van der Waals surface area contributed by atoms with Crippen molar-refractivity contribution in [1.29, 1.82) is 0 Å². The van der Waals surface area contributed by atoms with E-state index in [-0.39, 0.29) is 5.56 Å². The molecule has 2 aromatic heterocycles. The molecule has 0 atom stereocenters. The number of carbonyl (C=O) groups is 1. The summed E-state index contributed by atoms with van der Waals surface area (Å²) in [7, 11) is 0. The van der Waals surface area contributed by atoms with Crippen molar-refractivity contribution in [2.24, 2.45) is 0 Å². The highest BCUT2D eigenvalue weighted by Crippen LogP contribution is 2.28. The summed E-state index contributed by atoms with van der Waals surface area (Å²) in [6, 6.07) is 6.13. The zero-order chi connectivity index (χ0) is 16.0. The van der Waals surface area contributed by atoms with Gasteiger partial charge in [-0.25, -0.2) is 14.3 Å². The Morgan fingerprint density at radius 1 is 1.09 bits per heavy atom. The third-order valence-corrected chi connectivity index (χ3v) is 3.89. The third-order valence-electron chi connectivity index (χ3n) is 3.89. The second kappa shape index (κ2) is 4.94. The van der Waals surface area contributed by atoms with Gasteiger partial charge in [-0.05, 0) is 38.8 Å². The normalized spacial score (nSPS) is 11.1. The molecule has 3 rings (SSSR count). The van der Waals surface area contributed by atoms with E-state index < -0.39 is 5.97 Å². The summed E-state index contributed by atoms with van der Waals surface area (Å²) >= 11 is 0.